The van der Waals surface area contributed by atoms with E-state index in [1.54, 1.807) is 48.5 Å². The molecule has 0 atom stereocenters. The van der Waals surface area contributed by atoms with Crippen LogP contribution in [0.15, 0.2) is 70.7 Å². The van der Waals surface area contributed by atoms with Gasteiger partial charge in [0.1, 0.15) is 20.2 Å². The SMILES string of the molecule is O=S(=O)([O-])c1nc2ccccc2cc1O.O=S(=O)([O-])c1nc2ccccc2cc1O.[Zn+2]. The molecule has 13 heteroatoms. The molecule has 31 heavy (non-hydrogen) atoms. The van der Waals surface area contributed by atoms with Crippen LogP contribution in [0.4, 0.5) is 0 Å². The fraction of sp³-hybridized carbons (Fsp3) is 0. The quantitative estimate of drug-likeness (QED) is 0.295. The average molecular weight is 514 g/mol. The van der Waals surface area contributed by atoms with Crippen molar-refractivity contribution >= 4 is 42.0 Å². The number of rotatable bonds is 2. The number of nitrogens with zero attached hydrogens (tertiary/aromatic N) is 2. The maximum atomic E-state index is 10.7. The summed E-state index contributed by atoms with van der Waals surface area (Å²) in [6.07, 6.45) is 0. The maximum absolute atomic E-state index is 10.7. The van der Waals surface area contributed by atoms with E-state index in [-0.39, 0.29) is 19.5 Å². The van der Waals surface area contributed by atoms with E-state index < -0.39 is 41.8 Å². The van der Waals surface area contributed by atoms with Gasteiger partial charge in [0, 0.05) is 10.8 Å². The predicted octanol–water partition coefficient (Wildman–Crippen LogP) is 1.69. The normalized spacial score (nSPS) is 11.4. The zero-order chi connectivity index (χ0) is 22.1. The molecule has 10 nitrogen and oxygen atoms in total. The van der Waals surface area contributed by atoms with E-state index in [4.69, 9.17) is 0 Å². The molecule has 0 bridgehead atoms. The van der Waals surface area contributed by atoms with Gasteiger partial charge in [-0.3, -0.25) is 0 Å². The van der Waals surface area contributed by atoms with Crippen LogP contribution >= 0.6 is 0 Å². The van der Waals surface area contributed by atoms with Gasteiger partial charge in [0.05, 0.1) is 11.0 Å². The Labute approximate surface area is 189 Å². The average Bonchev–Trinajstić information content (AvgIpc) is 2.65. The Bertz CT molecular complexity index is 1360. The first-order valence-corrected chi connectivity index (χ1v) is 10.9. The number of para-hydroxylation sites is 2. The molecule has 4 rings (SSSR count). The second kappa shape index (κ2) is 9.20. The third-order valence-corrected chi connectivity index (χ3v) is 5.36. The van der Waals surface area contributed by atoms with E-state index in [2.05, 4.69) is 9.97 Å². The fourth-order valence-electron chi connectivity index (χ4n) is 2.54. The van der Waals surface area contributed by atoms with Crippen molar-refractivity contribution in [2.45, 2.75) is 10.1 Å². The van der Waals surface area contributed by atoms with Gasteiger partial charge < -0.3 is 19.3 Å². The largest absolute Gasteiger partial charge is 2.00 e. The molecule has 156 valence electrons. The monoisotopic (exact) mass is 512 g/mol. The van der Waals surface area contributed by atoms with Crippen molar-refractivity contribution in [3.05, 3.63) is 60.7 Å². The molecule has 2 aromatic carbocycles. The van der Waals surface area contributed by atoms with Gasteiger partial charge in [0.15, 0.2) is 21.6 Å². The van der Waals surface area contributed by atoms with Gasteiger partial charge in [-0.1, -0.05) is 36.4 Å². The summed E-state index contributed by atoms with van der Waals surface area (Å²) in [5, 5.41) is 18.1. The van der Waals surface area contributed by atoms with Crippen molar-refractivity contribution in [2.75, 3.05) is 0 Å². The number of aromatic hydroxyl groups is 2. The Morgan fingerprint density at radius 3 is 1.29 bits per heavy atom. The molecule has 0 saturated carbocycles. The molecule has 0 amide bonds. The van der Waals surface area contributed by atoms with E-state index >= 15 is 0 Å². The summed E-state index contributed by atoms with van der Waals surface area (Å²) in [7, 11) is -9.47. The Kier molecular flexibility index (Phi) is 7.30. The van der Waals surface area contributed by atoms with Gasteiger partial charge >= 0.3 is 19.5 Å². The second-order valence-corrected chi connectivity index (χ2v) is 8.51. The van der Waals surface area contributed by atoms with E-state index in [1.807, 2.05) is 0 Å². The van der Waals surface area contributed by atoms with Crippen LogP contribution in [0.2, 0.25) is 0 Å². The van der Waals surface area contributed by atoms with Gasteiger partial charge in [-0.15, -0.1) is 0 Å². The van der Waals surface area contributed by atoms with E-state index in [0.29, 0.717) is 21.8 Å². The van der Waals surface area contributed by atoms with Gasteiger partial charge in [-0.2, -0.15) is 0 Å². The predicted molar refractivity (Wildman–Crippen MR) is 103 cm³/mol. The number of hydrogen-bond acceptors (Lipinski definition) is 10. The zero-order valence-electron chi connectivity index (χ0n) is 15.5. The molecule has 0 aliphatic rings. The summed E-state index contributed by atoms with van der Waals surface area (Å²) in [6.45, 7) is 0. The minimum Gasteiger partial charge on any atom is -0.743 e. The minimum atomic E-state index is -4.74. The molecule has 2 aromatic heterocycles. The van der Waals surface area contributed by atoms with Gasteiger partial charge in [-0.25, -0.2) is 26.8 Å². The maximum Gasteiger partial charge on any atom is 2.00 e. The Hall–Kier alpha value is -2.70. The molecule has 0 radical (unpaired) electrons. The van der Waals surface area contributed by atoms with Crippen molar-refractivity contribution in [1.29, 1.82) is 0 Å². The first kappa shape index (κ1) is 24.6. The molecule has 2 heterocycles. The number of hydrogen-bond donors (Lipinski definition) is 2. The molecule has 4 aromatic rings. The van der Waals surface area contributed by atoms with E-state index in [9.17, 15) is 36.2 Å². The molecule has 0 unspecified atom stereocenters. The summed E-state index contributed by atoms with van der Waals surface area (Å²) in [5.41, 5.74) is 0.703. The molecule has 0 saturated heterocycles. The van der Waals surface area contributed by atoms with Crippen molar-refractivity contribution in [3.8, 4) is 11.5 Å². The zero-order valence-corrected chi connectivity index (χ0v) is 20.1. The molecular weight excluding hydrogens is 502 g/mol. The third-order valence-electron chi connectivity index (χ3n) is 3.81. The second-order valence-electron chi connectivity index (χ2n) is 5.92. The Balaban J connectivity index is 0.000000213. The molecule has 0 aliphatic carbocycles. The van der Waals surface area contributed by atoms with Crippen LogP contribution in [0, 0.1) is 0 Å². The van der Waals surface area contributed by atoms with Crippen LogP contribution in [-0.2, 0) is 39.7 Å². The molecule has 0 aliphatic heterocycles. The van der Waals surface area contributed by atoms with E-state index in [0.717, 1.165) is 0 Å². The molecule has 0 fully saturated rings. The molecule has 2 N–H and O–H groups in total. The van der Waals surface area contributed by atoms with Crippen molar-refractivity contribution < 1.29 is 55.6 Å². The van der Waals surface area contributed by atoms with Crippen LogP contribution < -0.4 is 0 Å². The van der Waals surface area contributed by atoms with Crippen molar-refractivity contribution in [2.24, 2.45) is 0 Å². The van der Waals surface area contributed by atoms with Crippen LogP contribution in [0.25, 0.3) is 21.8 Å². The van der Waals surface area contributed by atoms with Crippen LogP contribution in [0.1, 0.15) is 0 Å². The van der Waals surface area contributed by atoms with Crippen LogP contribution in [0.5, 0.6) is 11.5 Å². The Morgan fingerprint density at radius 1 is 0.645 bits per heavy atom. The number of aromatic nitrogens is 2. The molecular formula is C18H12N2O8S2Zn. The minimum absolute atomic E-state index is 0. The summed E-state index contributed by atoms with van der Waals surface area (Å²) in [6, 6.07) is 15.6. The summed E-state index contributed by atoms with van der Waals surface area (Å²) < 4.78 is 64.3. The van der Waals surface area contributed by atoms with Gasteiger partial charge in [0.25, 0.3) is 0 Å². The summed E-state index contributed by atoms with van der Waals surface area (Å²) in [4.78, 5) is 7.19. The third kappa shape index (κ3) is 5.72. The van der Waals surface area contributed by atoms with Gasteiger partial charge in [0.2, 0.25) is 0 Å². The van der Waals surface area contributed by atoms with Crippen molar-refractivity contribution in [3.63, 3.8) is 0 Å². The first-order valence-electron chi connectivity index (χ1n) is 8.06. The standard InChI is InChI=1S/2C9H7NO4S.Zn/c2*11-8-5-6-3-1-2-4-7(6)10-9(8)15(12,13)14;/h2*1-5,11H,(H,12,13,14);/q;;+2/p-2. The number of pyridine rings is 2. The number of benzene rings is 2. The number of fused-ring (bicyclic) bond motifs is 2. The first-order chi connectivity index (χ1) is 14.0. The summed E-state index contributed by atoms with van der Waals surface area (Å²) >= 11 is 0. The van der Waals surface area contributed by atoms with E-state index in [1.165, 1.54) is 12.1 Å². The van der Waals surface area contributed by atoms with Gasteiger partial charge in [-0.05, 0) is 24.3 Å². The summed E-state index contributed by atoms with van der Waals surface area (Å²) in [5.74, 6) is -1.24. The topological polar surface area (TPSA) is 181 Å². The van der Waals surface area contributed by atoms with Crippen molar-refractivity contribution in [1.82, 2.24) is 9.97 Å². The Morgan fingerprint density at radius 2 is 0.968 bits per heavy atom. The smallest absolute Gasteiger partial charge is 0.743 e. The molecule has 0 spiro atoms. The fourth-order valence-corrected chi connectivity index (χ4v) is 3.59. The van der Waals surface area contributed by atoms with Crippen LogP contribution in [0.3, 0.4) is 0 Å². The van der Waals surface area contributed by atoms with Crippen LogP contribution in [-0.4, -0.2) is 46.1 Å².